The lowest BCUT2D eigenvalue weighted by atomic mass is 10.1. The first kappa shape index (κ1) is 10.9. The van der Waals surface area contributed by atoms with Crippen LogP contribution in [-0.2, 0) is 6.54 Å². The van der Waals surface area contributed by atoms with Crippen LogP contribution >= 0.6 is 0 Å². The van der Waals surface area contributed by atoms with Crippen molar-refractivity contribution in [2.75, 3.05) is 6.61 Å². The lowest BCUT2D eigenvalue weighted by Crippen LogP contribution is -2.28. The van der Waals surface area contributed by atoms with E-state index in [4.69, 9.17) is 10.5 Å². The molecule has 0 unspecified atom stereocenters. The normalized spacial score (nSPS) is 11.4. The standard InChI is InChI=1S/C10H16N2O2/c1-10(2,13)7-14-9-6-12-4-3-8(9)5-11/h3-4,6,13H,5,7,11H2,1-2H3. The van der Waals surface area contributed by atoms with E-state index in [-0.39, 0.29) is 6.61 Å². The second-order valence-electron chi connectivity index (χ2n) is 3.79. The van der Waals surface area contributed by atoms with E-state index in [1.165, 1.54) is 0 Å². The van der Waals surface area contributed by atoms with Crippen molar-refractivity contribution < 1.29 is 9.84 Å². The van der Waals surface area contributed by atoms with E-state index < -0.39 is 5.60 Å². The van der Waals surface area contributed by atoms with E-state index in [2.05, 4.69) is 4.98 Å². The van der Waals surface area contributed by atoms with Gasteiger partial charge in [0.05, 0.1) is 11.8 Å². The second kappa shape index (κ2) is 4.39. The van der Waals surface area contributed by atoms with Gasteiger partial charge in [0.15, 0.2) is 0 Å². The van der Waals surface area contributed by atoms with Crippen LogP contribution in [0.2, 0.25) is 0 Å². The fourth-order valence-electron chi connectivity index (χ4n) is 0.962. The number of hydrogen-bond donors (Lipinski definition) is 2. The summed E-state index contributed by atoms with van der Waals surface area (Å²) in [6.07, 6.45) is 3.27. The van der Waals surface area contributed by atoms with Crippen LogP contribution in [0.1, 0.15) is 19.4 Å². The number of nitrogens with zero attached hydrogens (tertiary/aromatic N) is 1. The zero-order valence-electron chi connectivity index (χ0n) is 8.53. The van der Waals surface area contributed by atoms with Crippen molar-refractivity contribution in [3.63, 3.8) is 0 Å². The van der Waals surface area contributed by atoms with E-state index in [9.17, 15) is 5.11 Å². The summed E-state index contributed by atoms with van der Waals surface area (Å²) in [5.41, 5.74) is 5.57. The minimum atomic E-state index is -0.846. The van der Waals surface area contributed by atoms with Crippen LogP contribution in [-0.4, -0.2) is 22.3 Å². The van der Waals surface area contributed by atoms with Crippen LogP contribution in [0.25, 0.3) is 0 Å². The second-order valence-corrected chi connectivity index (χ2v) is 3.79. The molecule has 0 fully saturated rings. The van der Waals surface area contributed by atoms with Crippen LogP contribution in [0.4, 0.5) is 0 Å². The Hall–Kier alpha value is -1.13. The molecule has 0 radical (unpaired) electrons. The Kier molecular flexibility index (Phi) is 3.43. The van der Waals surface area contributed by atoms with Crippen molar-refractivity contribution in [3.05, 3.63) is 24.0 Å². The van der Waals surface area contributed by atoms with Gasteiger partial charge in [-0.25, -0.2) is 0 Å². The molecule has 4 heteroatoms. The molecule has 0 saturated carbocycles. The molecule has 0 spiro atoms. The Morgan fingerprint density at radius 3 is 2.86 bits per heavy atom. The summed E-state index contributed by atoms with van der Waals surface area (Å²) in [5.74, 6) is 0.636. The molecule has 0 aliphatic carbocycles. The van der Waals surface area contributed by atoms with Crippen molar-refractivity contribution in [2.45, 2.75) is 26.0 Å². The molecule has 1 heterocycles. The maximum absolute atomic E-state index is 9.47. The van der Waals surface area contributed by atoms with Gasteiger partial charge in [-0.2, -0.15) is 0 Å². The number of pyridine rings is 1. The van der Waals surface area contributed by atoms with E-state index in [1.807, 2.05) is 0 Å². The molecule has 78 valence electrons. The highest BCUT2D eigenvalue weighted by Gasteiger charge is 2.14. The first-order chi connectivity index (χ1) is 6.53. The predicted octanol–water partition coefficient (Wildman–Crippen LogP) is 0.690. The molecule has 1 rings (SSSR count). The quantitative estimate of drug-likeness (QED) is 0.743. The Balaban J connectivity index is 2.67. The fourth-order valence-corrected chi connectivity index (χ4v) is 0.962. The Morgan fingerprint density at radius 2 is 2.29 bits per heavy atom. The molecular weight excluding hydrogens is 180 g/mol. The molecule has 0 aromatic carbocycles. The number of aromatic nitrogens is 1. The van der Waals surface area contributed by atoms with Crippen molar-refractivity contribution in [1.29, 1.82) is 0 Å². The summed E-state index contributed by atoms with van der Waals surface area (Å²) < 4.78 is 5.40. The minimum Gasteiger partial charge on any atom is -0.489 e. The van der Waals surface area contributed by atoms with E-state index in [1.54, 1.807) is 32.3 Å². The molecule has 0 atom stereocenters. The highest BCUT2D eigenvalue weighted by molar-refractivity contribution is 5.29. The highest BCUT2D eigenvalue weighted by Crippen LogP contribution is 2.16. The molecule has 0 amide bonds. The van der Waals surface area contributed by atoms with E-state index >= 15 is 0 Å². The van der Waals surface area contributed by atoms with E-state index in [0.29, 0.717) is 12.3 Å². The Bertz CT molecular complexity index is 294. The first-order valence-electron chi connectivity index (χ1n) is 4.51. The summed E-state index contributed by atoms with van der Waals surface area (Å²) in [6.45, 7) is 4.01. The molecule has 14 heavy (non-hydrogen) atoms. The van der Waals surface area contributed by atoms with Crippen LogP contribution in [0.3, 0.4) is 0 Å². The monoisotopic (exact) mass is 196 g/mol. The number of nitrogens with two attached hydrogens (primary N) is 1. The van der Waals surface area contributed by atoms with Crippen molar-refractivity contribution in [1.82, 2.24) is 4.98 Å². The van der Waals surface area contributed by atoms with Gasteiger partial charge in [0.25, 0.3) is 0 Å². The van der Waals surface area contributed by atoms with Gasteiger partial charge in [-0.05, 0) is 19.9 Å². The van der Waals surface area contributed by atoms with Gasteiger partial charge in [0, 0.05) is 18.3 Å². The average molecular weight is 196 g/mol. The van der Waals surface area contributed by atoms with Crippen molar-refractivity contribution in [2.24, 2.45) is 5.73 Å². The molecule has 1 aromatic rings. The molecule has 0 aliphatic rings. The van der Waals surface area contributed by atoms with Crippen LogP contribution in [0, 0.1) is 0 Å². The average Bonchev–Trinajstić information content (AvgIpc) is 2.14. The van der Waals surface area contributed by atoms with Gasteiger partial charge in [-0.1, -0.05) is 0 Å². The summed E-state index contributed by atoms with van der Waals surface area (Å²) in [4.78, 5) is 3.93. The minimum absolute atomic E-state index is 0.228. The van der Waals surface area contributed by atoms with Crippen LogP contribution in [0.5, 0.6) is 5.75 Å². The van der Waals surface area contributed by atoms with Gasteiger partial charge in [0.2, 0.25) is 0 Å². The molecule has 0 bridgehead atoms. The van der Waals surface area contributed by atoms with Crippen LogP contribution < -0.4 is 10.5 Å². The zero-order chi connectivity index (χ0) is 10.6. The Morgan fingerprint density at radius 1 is 1.57 bits per heavy atom. The lowest BCUT2D eigenvalue weighted by molar-refractivity contribution is 0.0280. The highest BCUT2D eigenvalue weighted by atomic mass is 16.5. The largest absolute Gasteiger partial charge is 0.489 e. The van der Waals surface area contributed by atoms with Crippen LogP contribution in [0.15, 0.2) is 18.5 Å². The smallest absolute Gasteiger partial charge is 0.142 e. The Labute approximate surface area is 83.7 Å². The molecule has 1 aromatic heterocycles. The predicted molar refractivity (Wildman–Crippen MR) is 53.9 cm³/mol. The van der Waals surface area contributed by atoms with E-state index in [0.717, 1.165) is 5.56 Å². The first-order valence-corrected chi connectivity index (χ1v) is 4.51. The lowest BCUT2D eigenvalue weighted by Gasteiger charge is -2.18. The maximum Gasteiger partial charge on any atom is 0.142 e. The van der Waals surface area contributed by atoms with Gasteiger partial charge in [0.1, 0.15) is 12.4 Å². The molecule has 4 nitrogen and oxygen atoms in total. The molecule has 3 N–H and O–H groups in total. The third-order valence-electron chi connectivity index (χ3n) is 1.67. The summed E-state index contributed by atoms with van der Waals surface area (Å²) in [7, 11) is 0. The topological polar surface area (TPSA) is 68.4 Å². The molecule has 0 aliphatic heterocycles. The third-order valence-corrected chi connectivity index (χ3v) is 1.67. The molecular formula is C10H16N2O2. The van der Waals surface area contributed by atoms with Crippen molar-refractivity contribution in [3.8, 4) is 5.75 Å². The number of rotatable bonds is 4. The maximum atomic E-state index is 9.47. The third kappa shape index (κ3) is 3.32. The summed E-state index contributed by atoms with van der Waals surface area (Å²) >= 11 is 0. The number of hydrogen-bond acceptors (Lipinski definition) is 4. The van der Waals surface area contributed by atoms with Gasteiger partial charge in [-0.3, -0.25) is 4.98 Å². The van der Waals surface area contributed by atoms with Gasteiger partial charge in [-0.15, -0.1) is 0 Å². The van der Waals surface area contributed by atoms with Crippen molar-refractivity contribution >= 4 is 0 Å². The number of ether oxygens (including phenoxy) is 1. The summed E-state index contributed by atoms with van der Waals surface area (Å²) in [5, 5.41) is 9.47. The van der Waals surface area contributed by atoms with Gasteiger partial charge >= 0.3 is 0 Å². The fraction of sp³-hybridized carbons (Fsp3) is 0.500. The number of aliphatic hydroxyl groups is 1. The molecule has 0 saturated heterocycles. The van der Waals surface area contributed by atoms with Gasteiger partial charge < -0.3 is 15.6 Å². The zero-order valence-corrected chi connectivity index (χ0v) is 8.53. The summed E-state index contributed by atoms with van der Waals surface area (Å²) in [6, 6.07) is 1.81. The SMILES string of the molecule is CC(C)(O)COc1cnccc1CN.